The zero-order valence-electron chi connectivity index (χ0n) is 12.6. The van der Waals surface area contributed by atoms with Crippen LogP contribution in [0.5, 0.6) is 0 Å². The van der Waals surface area contributed by atoms with E-state index in [1.165, 1.54) is 0 Å². The number of anilines is 1. The van der Waals surface area contributed by atoms with Crippen LogP contribution in [-0.4, -0.2) is 37.8 Å². The van der Waals surface area contributed by atoms with E-state index in [0.717, 1.165) is 21.0 Å². The number of fused-ring (bicyclic) bond motifs is 1. The van der Waals surface area contributed by atoms with E-state index >= 15 is 0 Å². The van der Waals surface area contributed by atoms with Gasteiger partial charge in [-0.1, -0.05) is 0 Å². The largest absolute Gasteiger partial charge is 0.331 e. The maximum atomic E-state index is 7.60. The van der Waals surface area contributed by atoms with E-state index in [4.69, 9.17) is 17.6 Å². The third-order valence-corrected chi connectivity index (χ3v) is 4.63. The lowest BCUT2D eigenvalue weighted by atomic mass is 10.3. The van der Waals surface area contributed by atoms with E-state index in [-0.39, 0.29) is 0 Å². The number of rotatable bonds is 2. The number of amidine groups is 1. The second kappa shape index (κ2) is 6.35. The minimum atomic E-state index is 0.369. The van der Waals surface area contributed by atoms with E-state index in [1.54, 1.807) is 48.8 Å². The monoisotopic (exact) mass is 342 g/mol. The highest BCUT2D eigenvalue weighted by Crippen LogP contribution is 2.30. The van der Waals surface area contributed by atoms with Gasteiger partial charge < -0.3 is 10.2 Å². The molecule has 0 spiro atoms. The summed E-state index contributed by atoms with van der Waals surface area (Å²) in [5, 5.41) is 12.0. The number of aromatic nitrogens is 3. The fraction of sp³-hybridized carbons (Fsp3) is 0.133. The molecule has 8 heteroatoms. The number of nitrogens with zero attached hydrogens (tertiary/aromatic N) is 4. The molecule has 3 aromatic heterocycles. The summed E-state index contributed by atoms with van der Waals surface area (Å²) >= 11 is 6.82. The Balaban J connectivity index is 1.88. The van der Waals surface area contributed by atoms with Gasteiger partial charge in [-0.15, -0.1) is 11.3 Å². The molecule has 2 N–H and O–H groups in total. The van der Waals surface area contributed by atoms with Crippen LogP contribution in [0.15, 0.2) is 36.8 Å². The first-order chi connectivity index (χ1) is 11.0. The van der Waals surface area contributed by atoms with Crippen molar-refractivity contribution in [3.05, 3.63) is 36.8 Å². The first kappa shape index (κ1) is 15.4. The van der Waals surface area contributed by atoms with Gasteiger partial charge in [-0.3, -0.25) is 10.4 Å². The van der Waals surface area contributed by atoms with Gasteiger partial charge in [-0.05, 0) is 37.3 Å². The molecule has 3 aromatic rings. The van der Waals surface area contributed by atoms with Gasteiger partial charge in [0.25, 0.3) is 0 Å². The third kappa shape index (κ3) is 3.33. The second-order valence-electron chi connectivity index (χ2n) is 4.88. The van der Waals surface area contributed by atoms with Gasteiger partial charge >= 0.3 is 0 Å². The quantitative estimate of drug-likeness (QED) is 0.422. The molecule has 0 fully saturated rings. The summed E-state index contributed by atoms with van der Waals surface area (Å²) in [5.41, 5.74) is 2.44. The Morgan fingerprint density at radius 1 is 1.39 bits per heavy atom. The molecule has 0 saturated carbocycles. The third-order valence-electron chi connectivity index (χ3n) is 3.21. The maximum Gasteiger partial charge on any atom is 0.178 e. The molecular weight excluding hydrogens is 328 g/mol. The molecule has 0 aliphatic rings. The molecule has 0 aliphatic heterocycles. The van der Waals surface area contributed by atoms with Crippen molar-refractivity contribution < 1.29 is 0 Å². The molecule has 0 radical (unpaired) electrons. The Labute approximate surface area is 142 Å². The van der Waals surface area contributed by atoms with Crippen LogP contribution in [0.3, 0.4) is 0 Å². The van der Waals surface area contributed by atoms with Gasteiger partial charge in [-0.25, -0.2) is 9.97 Å². The lowest BCUT2D eigenvalue weighted by Gasteiger charge is -2.19. The zero-order valence-corrected chi connectivity index (χ0v) is 14.2. The molecule has 3 heterocycles. The van der Waals surface area contributed by atoms with Crippen molar-refractivity contribution in [3.63, 3.8) is 0 Å². The Morgan fingerprint density at radius 2 is 2.22 bits per heavy atom. The summed E-state index contributed by atoms with van der Waals surface area (Å²) in [6, 6.07) is 5.82. The predicted octanol–water partition coefficient (Wildman–Crippen LogP) is 3.38. The van der Waals surface area contributed by atoms with Crippen molar-refractivity contribution in [2.24, 2.45) is 0 Å². The molecule has 116 valence electrons. The fourth-order valence-corrected chi connectivity index (χ4v) is 3.07. The van der Waals surface area contributed by atoms with E-state index in [2.05, 4.69) is 20.3 Å². The minimum Gasteiger partial charge on any atom is -0.331 e. The summed E-state index contributed by atoms with van der Waals surface area (Å²) < 4.78 is 0.964. The Bertz CT molecular complexity index is 874. The molecule has 0 bridgehead atoms. The number of pyridine rings is 2. The Kier molecular flexibility index (Phi) is 4.26. The Morgan fingerprint density at radius 3 is 2.91 bits per heavy atom. The second-order valence-corrected chi connectivity index (χ2v) is 6.30. The van der Waals surface area contributed by atoms with Crippen molar-refractivity contribution in [2.45, 2.75) is 6.92 Å². The standard InChI is InChI=1S/C15H14N6S2/c1-9(16)21(2)15(22)19-11-6-12-13(18-8-11)20-14(23-12)10-4-3-5-17-7-10/h3-8,16H,1-2H3,(H,19,22). The first-order valence-corrected chi connectivity index (χ1v) is 8.04. The summed E-state index contributed by atoms with van der Waals surface area (Å²) in [5.74, 6) is 0.369. The molecule has 0 amide bonds. The maximum absolute atomic E-state index is 7.60. The average Bonchev–Trinajstić information content (AvgIpc) is 2.98. The van der Waals surface area contributed by atoms with Crippen molar-refractivity contribution in [1.29, 1.82) is 5.41 Å². The first-order valence-electron chi connectivity index (χ1n) is 6.81. The lowest BCUT2D eigenvalue weighted by Crippen LogP contribution is -2.34. The number of hydrogen-bond acceptors (Lipinski definition) is 6. The molecular formula is C15H14N6S2. The molecule has 0 aromatic carbocycles. The van der Waals surface area contributed by atoms with Crippen LogP contribution < -0.4 is 5.32 Å². The molecule has 0 saturated heterocycles. The molecule has 3 rings (SSSR count). The number of thiazole rings is 1. The van der Waals surface area contributed by atoms with E-state index in [1.807, 2.05) is 18.2 Å². The predicted molar refractivity (Wildman–Crippen MR) is 98.0 cm³/mol. The lowest BCUT2D eigenvalue weighted by molar-refractivity contribution is 0.752. The highest BCUT2D eigenvalue weighted by atomic mass is 32.1. The van der Waals surface area contributed by atoms with Crippen molar-refractivity contribution in [2.75, 3.05) is 12.4 Å². The van der Waals surface area contributed by atoms with Gasteiger partial charge in [-0.2, -0.15) is 0 Å². The summed E-state index contributed by atoms with van der Waals surface area (Å²) in [6.07, 6.45) is 5.21. The van der Waals surface area contributed by atoms with Crippen molar-refractivity contribution in [3.8, 4) is 10.6 Å². The van der Waals surface area contributed by atoms with Crippen LogP contribution in [-0.2, 0) is 0 Å². The van der Waals surface area contributed by atoms with Gasteiger partial charge in [0.15, 0.2) is 10.8 Å². The number of hydrogen-bond donors (Lipinski definition) is 2. The topological polar surface area (TPSA) is 77.8 Å². The minimum absolute atomic E-state index is 0.369. The number of thiocarbonyl (C=S) groups is 1. The van der Waals surface area contributed by atoms with Crippen LogP contribution in [0.4, 0.5) is 5.69 Å². The molecule has 0 unspecified atom stereocenters. The SMILES string of the molecule is CC(=N)N(C)C(=S)Nc1cnc2nc(-c3cccnc3)sc2c1. The van der Waals surface area contributed by atoms with Crippen LogP contribution in [0.25, 0.3) is 20.9 Å². The van der Waals surface area contributed by atoms with Gasteiger partial charge in [0.2, 0.25) is 0 Å². The van der Waals surface area contributed by atoms with Gasteiger partial charge in [0, 0.05) is 25.0 Å². The fourth-order valence-electron chi connectivity index (χ4n) is 1.86. The van der Waals surface area contributed by atoms with Gasteiger partial charge in [0.1, 0.15) is 5.01 Å². The molecule has 23 heavy (non-hydrogen) atoms. The van der Waals surface area contributed by atoms with Crippen LogP contribution in [0, 0.1) is 5.41 Å². The van der Waals surface area contributed by atoms with Crippen LogP contribution in [0.1, 0.15) is 6.92 Å². The van der Waals surface area contributed by atoms with Crippen molar-refractivity contribution in [1.82, 2.24) is 19.9 Å². The smallest absolute Gasteiger partial charge is 0.178 e. The van der Waals surface area contributed by atoms with E-state index in [9.17, 15) is 0 Å². The summed E-state index contributed by atoms with van der Waals surface area (Å²) in [6.45, 7) is 1.68. The summed E-state index contributed by atoms with van der Waals surface area (Å²) in [7, 11) is 1.75. The van der Waals surface area contributed by atoms with Crippen LogP contribution in [0.2, 0.25) is 0 Å². The van der Waals surface area contributed by atoms with E-state index < -0.39 is 0 Å². The normalized spacial score (nSPS) is 10.5. The number of nitrogens with one attached hydrogen (secondary N) is 2. The van der Waals surface area contributed by atoms with Crippen LogP contribution >= 0.6 is 23.6 Å². The summed E-state index contributed by atoms with van der Waals surface area (Å²) in [4.78, 5) is 14.6. The molecule has 0 aliphatic carbocycles. The van der Waals surface area contributed by atoms with Crippen molar-refractivity contribution >= 4 is 50.5 Å². The molecule has 0 atom stereocenters. The zero-order chi connectivity index (χ0) is 16.4. The van der Waals surface area contributed by atoms with E-state index in [0.29, 0.717) is 16.6 Å². The van der Waals surface area contributed by atoms with Gasteiger partial charge in [0.05, 0.1) is 22.4 Å². The highest BCUT2D eigenvalue weighted by Gasteiger charge is 2.10. The average molecular weight is 342 g/mol. The molecule has 6 nitrogen and oxygen atoms in total. The highest BCUT2D eigenvalue weighted by molar-refractivity contribution is 7.80. The Hall–Kier alpha value is -2.45.